The van der Waals surface area contributed by atoms with Gasteiger partial charge in [0.2, 0.25) is 11.8 Å². The first kappa shape index (κ1) is 20.0. The number of nitrogens with zero attached hydrogens (tertiary/aromatic N) is 1. The average molecular weight is 409 g/mol. The lowest BCUT2D eigenvalue weighted by Gasteiger charge is -2.32. The van der Waals surface area contributed by atoms with E-state index in [0.717, 1.165) is 25.8 Å². The molecule has 4 rings (SSSR count). The van der Waals surface area contributed by atoms with Crippen molar-refractivity contribution in [2.45, 2.75) is 55.5 Å². The molecule has 2 aliphatic rings. The molecule has 152 valence electrons. The fourth-order valence-electron chi connectivity index (χ4n) is 4.53. The van der Waals surface area contributed by atoms with E-state index < -0.39 is 0 Å². The molecule has 1 N–H and O–H groups in total. The second kappa shape index (κ2) is 8.62. The van der Waals surface area contributed by atoms with Gasteiger partial charge in [0.05, 0.1) is 0 Å². The number of rotatable bonds is 6. The first-order valence-electron chi connectivity index (χ1n) is 10.4. The Morgan fingerprint density at radius 1 is 1.10 bits per heavy atom. The third-order valence-corrected chi connectivity index (χ3v) is 6.98. The van der Waals surface area contributed by atoms with Gasteiger partial charge in [-0.15, -0.1) is 11.8 Å². The average Bonchev–Trinajstić information content (AvgIpc) is 3.12. The largest absolute Gasteiger partial charge is 0.350 e. The number of hydrogen-bond acceptors (Lipinski definition) is 3. The van der Waals surface area contributed by atoms with E-state index in [0.29, 0.717) is 25.8 Å². The topological polar surface area (TPSA) is 49.4 Å². The van der Waals surface area contributed by atoms with Crippen LogP contribution in [0, 0.1) is 0 Å². The Hall–Kier alpha value is -2.27. The molecule has 0 radical (unpaired) electrons. The maximum absolute atomic E-state index is 12.9. The van der Waals surface area contributed by atoms with Crippen molar-refractivity contribution < 1.29 is 9.59 Å². The fourth-order valence-corrected chi connectivity index (χ4v) is 4.94. The number of nitrogens with one attached hydrogen (secondary N) is 1. The van der Waals surface area contributed by atoms with Crippen molar-refractivity contribution in [1.29, 1.82) is 0 Å². The summed E-state index contributed by atoms with van der Waals surface area (Å²) in [6.45, 7) is 1.48. The molecule has 0 spiro atoms. The van der Waals surface area contributed by atoms with Gasteiger partial charge in [-0.25, -0.2) is 0 Å². The Labute approximate surface area is 177 Å². The Bertz CT molecular complexity index is 896. The van der Waals surface area contributed by atoms with Gasteiger partial charge < -0.3 is 10.2 Å². The van der Waals surface area contributed by atoms with Crippen molar-refractivity contribution in [3.63, 3.8) is 0 Å². The lowest BCUT2D eigenvalue weighted by atomic mass is 9.84. The van der Waals surface area contributed by atoms with Crippen LogP contribution in [0.15, 0.2) is 53.4 Å². The molecule has 4 nitrogen and oxygen atoms in total. The number of thioether (sulfide) groups is 1. The van der Waals surface area contributed by atoms with Gasteiger partial charge in [0.1, 0.15) is 0 Å². The molecule has 0 saturated carbocycles. The van der Waals surface area contributed by atoms with E-state index in [1.54, 1.807) is 11.8 Å². The van der Waals surface area contributed by atoms with Crippen LogP contribution in [0.2, 0.25) is 0 Å². The first-order valence-corrected chi connectivity index (χ1v) is 11.6. The highest BCUT2D eigenvalue weighted by Crippen LogP contribution is 2.31. The lowest BCUT2D eigenvalue weighted by molar-refractivity contribution is -0.132. The highest BCUT2D eigenvalue weighted by Gasteiger charge is 2.38. The Morgan fingerprint density at radius 3 is 2.55 bits per heavy atom. The van der Waals surface area contributed by atoms with E-state index in [1.165, 1.54) is 21.6 Å². The standard InChI is InChI=1S/C24H28N2O2S/c1-29-21-8-6-18(7-9-21)16-24(13-10-22(27)25-24)14-11-23(28)26-15-12-19-4-2-3-5-20(19)17-26/h2-9H,10-17H2,1H3,(H,25,27)/t24-/m0/s1. The van der Waals surface area contributed by atoms with Gasteiger partial charge in [0, 0.05) is 36.4 Å². The van der Waals surface area contributed by atoms with Crippen LogP contribution < -0.4 is 5.32 Å². The molecule has 0 bridgehead atoms. The molecule has 2 aromatic rings. The Balaban J connectivity index is 1.41. The van der Waals surface area contributed by atoms with Crippen molar-refractivity contribution >= 4 is 23.6 Å². The molecule has 0 aliphatic carbocycles. The minimum absolute atomic E-state index is 0.102. The highest BCUT2D eigenvalue weighted by atomic mass is 32.2. The molecule has 1 atom stereocenters. The van der Waals surface area contributed by atoms with Crippen molar-refractivity contribution in [3.8, 4) is 0 Å². The second-order valence-corrected chi connectivity index (χ2v) is 9.07. The van der Waals surface area contributed by atoms with E-state index in [-0.39, 0.29) is 17.4 Å². The summed E-state index contributed by atoms with van der Waals surface area (Å²) < 4.78 is 0. The van der Waals surface area contributed by atoms with Gasteiger partial charge in [0.15, 0.2) is 0 Å². The van der Waals surface area contributed by atoms with Crippen LogP contribution in [0.4, 0.5) is 0 Å². The molecule has 2 aromatic carbocycles. The number of amides is 2. The molecule has 5 heteroatoms. The molecule has 0 aromatic heterocycles. The van der Waals surface area contributed by atoms with Crippen LogP contribution in [-0.2, 0) is 29.0 Å². The van der Waals surface area contributed by atoms with Crippen molar-refractivity contribution in [3.05, 3.63) is 65.2 Å². The van der Waals surface area contributed by atoms with Gasteiger partial charge in [-0.3, -0.25) is 9.59 Å². The van der Waals surface area contributed by atoms with Gasteiger partial charge in [-0.05, 0) is 60.8 Å². The van der Waals surface area contributed by atoms with Gasteiger partial charge in [-0.1, -0.05) is 36.4 Å². The summed E-state index contributed by atoms with van der Waals surface area (Å²) in [5.41, 5.74) is 3.51. The maximum atomic E-state index is 12.9. The number of benzene rings is 2. The molecule has 1 fully saturated rings. The van der Waals surface area contributed by atoms with Crippen LogP contribution in [-0.4, -0.2) is 35.1 Å². The zero-order valence-corrected chi connectivity index (χ0v) is 17.8. The second-order valence-electron chi connectivity index (χ2n) is 8.19. The molecule has 2 amide bonds. The molecule has 29 heavy (non-hydrogen) atoms. The van der Waals surface area contributed by atoms with Gasteiger partial charge in [0.25, 0.3) is 0 Å². The predicted molar refractivity (Wildman–Crippen MR) is 117 cm³/mol. The summed E-state index contributed by atoms with van der Waals surface area (Å²) >= 11 is 1.72. The number of carbonyl (C=O) groups is 2. The third kappa shape index (κ3) is 4.67. The molecule has 2 aliphatic heterocycles. The van der Waals surface area contributed by atoms with Crippen LogP contribution >= 0.6 is 11.8 Å². The Morgan fingerprint density at radius 2 is 1.86 bits per heavy atom. The van der Waals surface area contributed by atoms with Gasteiger partial charge >= 0.3 is 0 Å². The summed E-state index contributed by atoms with van der Waals surface area (Å²) in [7, 11) is 0. The van der Waals surface area contributed by atoms with E-state index in [1.807, 2.05) is 11.0 Å². The summed E-state index contributed by atoms with van der Waals surface area (Å²) in [5.74, 6) is 0.294. The minimum atomic E-state index is -0.304. The molecule has 1 saturated heterocycles. The van der Waals surface area contributed by atoms with Gasteiger partial charge in [-0.2, -0.15) is 0 Å². The molecular formula is C24H28N2O2S. The smallest absolute Gasteiger partial charge is 0.222 e. The van der Waals surface area contributed by atoms with E-state index in [4.69, 9.17) is 0 Å². The zero-order valence-electron chi connectivity index (χ0n) is 16.9. The van der Waals surface area contributed by atoms with Crippen molar-refractivity contribution in [2.24, 2.45) is 0 Å². The van der Waals surface area contributed by atoms with Crippen molar-refractivity contribution in [1.82, 2.24) is 10.2 Å². The summed E-state index contributed by atoms with van der Waals surface area (Å²) in [5, 5.41) is 3.20. The van der Waals surface area contributed by atoms with E-state index in [9.17, 15) is 9.59 Å². The molecule has 0 unspecified atom stereocenters. The fraction of sp³-hybridized carbons (Fsp3) is 0.417. The summed E-state index contributed by atoms with van der Waals surface area (Å²) in [4.78, 5) is 28.2. The number of carbonyl (C=O) groups excluding carboxylic acids is 2. The third-order valence-electron chi connectivity index (χ3n) is 6.24. The lowest BCUT2D eigenvalue weighted by Crippen LogP contribution is -2.45. The molecule has 2 heterocycles. The first-order chi connectivity index (χ1) is 14.1. The summed E-state index contributed by atoms with van der Waals surface area (Å²) in [6.07, 6.45) is 6.29. The minimum Gasteiger partial charge on any atom is -0.350 e. The maximum Gasteiger partial charge on any atom is 0.222 e. The van der Waals surface area contributed by atoms with Crippen LogP contribution in [0.25, 0.3) is 0 Å². The normalized spacial score (nSPS) is 21.0. The van der Waals surface area contributed by atoms with E-state index in [2.05, 4.69) is 54.0 Å². The number of hydrogen-bond donors (Lipinski definition) is 1. The Kier molecular flexibility index (Phi) is 5.95. The molecular weight excluding hydrogens is 380 g/mol. The van der Waals surface area contributed by atoms with Crippen LogP contribution in [0.1, 0.15) is 42.4 Å². The van der Waals surface area contributed by atoms with Crippen LogP contribution in [0.5, 0.6) is 0 Å². The quantitative estimate of drug-likeness (QED) is 0.736. The highest BCUT2D eigenvalue weighted by molar-refractivity contribution is 7.98. The van der Waals surface area contributed by atoms with Crippen molar-refractivity contribution in [2.75, 3.05) is 12.8 Å². The van der Waals surface area contributed by atoms with E-state index >= 15 is 0 Å². The number of fused-ring (bicyclic) bond motifs is 1. The summed E-state index contributed by atoms with van der Waals surface area (Å²) in [6, 6.07) is 16.9. The monoisotopic (exact) mass is 408 g/mol. The SMILES string of the molecule is CSc1ccc(C[C@@]2(CCC(=O)N3CCc4ccccc4C3)CCC(=O)N2)cc1. The van der Waals surface area contributed by atoms with Crippen LogP contribution in [0.3, 0.4) is 0 Å². The zero-order chi connectivity index (χ0) is 20.3. The predicted octanol–water partition coefficient (Wildman–Crippen LogP) is 3.96.